The molecule has 0 aromatic carbocycles. The number of esters is 1. The molecule has 2 atom stereocenters. The third-order valence-corrected chi connectivity index (χ3v) is 15.9. The summed E-state index contributed by atoms with van der Waals surface area (Å²) in [4.78, 5) is 24.6. The van der Waals surface area contributed by atoms with Gasteiger partial charge in [0.15, 0.2) is 0 Å². The van der Waals surface area contributed by atoms with Gasteiger partial charge in [-0.1, -0.05) is 348 Å². The van der Waals surface area contributed by atoms with E-state index in [0.717, 1.165) is 38.5 Å². The van der Waals surface area contributed by atoms with Crippen LogP contribution in [-0.2, 0) is 14.3 Å². The molecule has 0 bridgehead atoms. The Kier molecular flexibility index (Phi) is 61.4. The molecule has 6 nitrogen and oxygen atoms in total. The number of carbonyl (C=O) groups excluding carboxylic acids is 2. The maximum Gasteiger partial charge on any atom is 0.305 e. The van der Waals surface area contributed by atoms with E-state index in [1.54, 1.807) is 0 Å². The summed E-state index contributed by atoms with van der Waals surface area (Å²) in [5, 5.41) is 23.4. The van der Waals surface area contributed by atoms with Gasteiger partial charge in [-0.15, -0.1) is 0 Å². The second-order valence-electron chi connectivity index (χ2n) is 23.2. The first kappa shape index (κ1) is 70.9. The molecule has 3 N–H and O–H groups in total. The molecule has 0 heterocycles. The maximum atomic E-state index is 12.5. The zero-order valence-corrected chi connectivity index (χ0v) is 49.2. The van der Waals surface area contributed by atoms with Gasteiger partial charge in [0, 0.05) is 12.8 Å². The monoisotopic (exact) mass is 1020 g/mol. The number of rotatable bonds is 63. The van der Waals surface area contributed by atoms with Gasteiger partial charge in [0.2, 0.25) is 5.91 Å². The van der Waals surface area contributed by atoms with E-state index in [1.807, 2.05) is 0 Å². The molecule has 0 spiro atoms. The molecule has 72 heavy (non-hydrogen) atoms. The Labute approximate surface area is 451 Å². The first-order valence-electron chi connectivity index (χ1n) is 33.3. The Balaban J connectivity index is 3.40. The number of amides is 1. The minimum atomic E-state index is -0.669. The van der Waals surface area contributed by atoms with E-state index in [2.05, 4.69) is 19.2 Å². The molecular weight excluding hydrogens is 887 g/mol. The lowest BCUT2D eigenvalue weighted by molar-refractivity contribution is -0.143. The van der Waals surface area contributed by atoms with E-state index in [4.69, 9.17) is 4.74 Å². The van der Waals surface area contributed by atoms with Crippen LogP contribution in [0.1, 0.15) is 386 Å². The van der Waals surface area contributed by atoms with Crippen LogP contribution in [0.25, 0.3) is 0 Å². The highest BCUT2D eigenvalue weighted by Gasteiger charge is 2.20. The normalized spacial score (nSPS) is 12.4. The molecule has 0 fully saturated rings. The van der Waals surface area contributed by atoms with Gasteiger partial charge < -0.3 is 20.3 Å². The SMILES string of the molecule is CCCCCCCCCCCCCCCCCCCCCCCCCCCC(O)C(CO)NC(=O)CCCCCCCCCCCCCCCCCCOC(=O)CCCCCCCCCCCCCCCC. The van der Waals surface area contributed by atoms with Crippen molar-refractivity contribution in [3.8, 4) is 0 Å². The molecule has 0 aliphatic rings. The van der Waals surface area contributed by atoms with Crippen LogP contribution >= 0.6 is 0 Å². The van der Waals surface area contributed by atoms with Crippen molar-refractivity contribution >= 4 is 11.9 Å². The molecule has 0 aromatic heterocycles. The van der Waals surface area contributed by atoms with Crippen molar-refractivity contribution in [1.29, 1.82) is 0 Å². The Morgan fingerprint density at radius 3 is 0.847 bits per heavy atom. The van der Waals surface area contributed by atoms with Crippen LogP contribution in [0.4, 0.5) is 0 Å². The minimum absolute atomic E-state index is 0.00720. The summed E-state index contributed by atoms with van der Waals surface area (Å²) in [6.07, 6.45) is 74.1. The number of aliphatic hydroxyl groups is 2. The maximum absolute atomic E-state index is 12.5. The van der Waals surface area contributed by atoms with Crippen LogP contribution in [0.5, 0.6) is 0 Å². The number of carbonyl (C=O) groups is 2. The second-order valence-corrected chi connectivity index (χ2v) is 23.2. The Morgan fingerprint density at radius 2 is 0.569 bits per heavy atom. The van der Waals surface area contributed by atoms with Crippen LogP contribution in [0.2, 0.25) is 0 Å². The standard InChI is InChI=1S/C66H131NO5/c1-3-5-7-9-11-13-15-17-19-20-21-22-23-24-25-26-27-28-31-34-38-42-46-50-54-58-64(69)63(62-68)67-65(70)59-55-51-47-43-39-35-32-29-30-33-37-41-45-49-53-57-61-72-66(71)60-56-52-48-44-40-36-18-16-14-12-10-8-6-4-2/h63-64,68-69H,3-62H2,1-2H3,(H,67,70). The summed E-state index contributed by atoms with van der Waals surface area (Å²) in [6.45, 7) is 4.98. The highest BCUT2D eigenvalue weighted by atomic mass is 16.5. The van der Waals surface area contributed by atoms with E-state index in [0.29, 0.717) is 25.9 Å². The van der Waals surface area contributed by atoms with Crippen molar-refractivity contribution in [2.24, 2.45) is 0 Å². The number of unbranched alkanes of at least 4 members (excludes halogenated alkanes) is 52. The van der Waals surface area contributed by atoms with Gasteiger partial charge >= 0.3 is 5.97 Å². The van der Waals surface area contributed by atoms with E-state index >= 15 is 0 Å². The molecule has 0 rings (SSSR count). The molecular formula is C66H131NO5. The average molecular weight is 1020 g/mol. The van der Waals surface area contributed by atoms with Crippen molar-refractivity contribution in [3.05, 3.63) is 0 Å². The third kappa shape index (κ3) is 58.1. The fraction of sp³-hybridized carbons (Fsp3) is 0.970. The number of ether oxygens (including phenoxy) is 1. The lowest BCUT2D eigenvalue weighted by Gasteiger charge is -2.22. The first-order valence-corrected chi connectivity index (χ1v) is 33.3. The van der Waals surface area contributed by atoms with Crippen LogP contribution in [0.3, 0.4) is 0 Å². The van der Waals surface area contributed by atoms with E-state index in [9.17, 15) is 19.8 Å². The molecule has 2 unspecified atom stereocenters. The van der Waals surface area contributed by atoms with Crippen LogP contribution < -0.4 is 5.32 Å². The number of nitrogens with one attached hydrogen (secondary N) is 1. The smallest absolute Gasteiger partial charge is 0.305 e. The molecule has 0 radical (unpaired) electrons. The highest BCUT2D eigenvalue weighted by Crippen LogP contribution is 2.19. The highest BCUT2D eigenvalue weighted by molar-refractivity contribution is 5.76. The van der Waals surface area contributed by atoms with E-state index < -0.39 is 12.1 Å². The summed E-state index contributed by atoms with van der Waals surface area (Å²) in [6, 6.07) is -0.547. The molecule has 6 heteroatoms. The van der Waals surface area contributed by atoms with Gasteiger partial charge in [-0.05, 0) is 25.7 Å². The topological polar surface area (TPSA) is 95.9 Å². The van der Waals surface area contributed by atoms with Gasteiger partial charge in [0.05, 0.1) is 25.4 Å². The van der Waals surface area contributed by atoms with Crippen LogP contribution in [0, 0.1) is 0 Å². The summed E-state index contributed by atoms with van der Waals surface area (Å²) in [5.74, 6) is -0.0288. The van der Waals surface area contributed by atoms with Gasteiger partial charge in [0.1, 0.15) is 0 Å². The molecule has 0 aliphatic heterocycles. The molecule has 0 aliphatic carbocycles. The van der Waals surface area contributed by atoms with Crippen molar-refractivity contribution in [2.45, 2.75) is 398 Å². The van der Waals surface area contributed by atoms with Gasteiger partial charge in [-0.2, -0.15) is 0 Å². The Morgan fingerprint density at radius 1 is 0.333 bits per heavy atom. The van der Waals surface area contributed by atoms with Crippen molar-refractivity contribution < 1.29 is 24.5 Å². The Bertz CT molecular complexity index is 1040. The van der Waals surface area contributed by atoms with Gasteiger partial charge in [0.25, 0.3) is 0 Å². The van der Waals surface area contributed by atoms with E-state index in [1.165, 1.54) is 315 Å². The number of hydrogen-bond acceptors (Lipinski definition) is 5. The molecule has 0 aromatic rings. The quantitative estimate of drug-likeness (QED) is 0.0417. The second kappa shape index (κ2) is 62.4. The predicted octanol–water partition coefficient (Wildman–Crippen LogP) is 21.0. The van der Waals surface area contributed by atoms with Crippen LogP contribution in [0.15, 0.2) is 0 Å². The summed E-state index contributed by atoms with van der Waals surface area (Å²) >= 11 is 0. The zero-order chi connectivity index (χ0) is 52.2. The fourth-order valence-corrected chi connectivity index (χ4v) is 10.8. The lowest BCUT2D eigenvalue weighted by atomic mass is 10.0. The van der Waals surface area contributed by atoms with Crippen molar-refractivity contribution in [2.75, 3.05) is 13.2 Å². The first-order chi connectivity index (χ1) is 35.5. The van der Waals surface area contributed by atoms with Crippen LogP contribution in [-0.4, -0.2) is 47.4 Å². The predicted molar refractivity (Wildman–Crippen MR) is 315 cm³/mol. The van der Waals surface area contributed by atoms with Gasteiger partial charge in [-0.25, -0.2) is 0 Å². The number of aliphatic hydroxyl groups excluding tert-OH is 2. The largest absolute Gasteiger partial charge is 0.466 e. The van der Waals surface area contributed by atoms with Gasteiger partial charge in [-0.3, -0.25) is 9.59 Å². The van der Waals surface area contributed by atoms with Crippen molar-refractivity contribution in [3.63, 3.8) is 0 Å². The molecule has 1 amide bonds. The average Bonchev–Trinajstić information content (AvgIpc) is 3.38. The van der Waals surface area contributed by atoms with E-state index in [-0.39, 0.29) is 18.5 Å². The fourth-order valence-electron chi connectivity index (χ4n) is 10.8. The Hall–Kier alpha value is -1.14. The molecule has 0 saturated carbocycles. The summed E-state index contributed by atoms with van der Waals surface area (Å²) < 4.78 is 5.48. The summed E-state index contributed by atoms with van der Waals surface area (Å²) in [7, 11) is 0. The van der Waals surface area contributed by atoms with Crippen molar-refractivity contribution in [1.82, 2.24) is 5.32 Å². The summed E-state index contributed by atoms with van der Waals surface area (Å²) in [5.41, 5.74) is 0. The third-order valence-electron chi connectivity index (χ3n) is 15.9. The zero-order valence-electron chi connectivity index (χ0n) is 49.2. The lowest BCUT2D eigenvalue weighted by Crippen LogP contribution is -2.45. The molecule has 0 saturated heterocycles. The number of hydrogen-bond donors (Lipinski definition) is 3. The molecule has 430 valence electrons. The minimum Gasteiger partial charge on any atom is -0.466 e.